The third-order valence-electron chi connectivity index (χ3n) is 2.56. The van der Waals surface area contributed by atoms with Gasteiger partial charge in [0.1, 0.15) is 0 Å². The molecule has 2 heterocycles. The molecule has 9 heteroatoms. The molecule has 0 fully saturated rings. The number of hydrazine groups is 1. The maximum atomic E-state index is 5.85. The van der Waals surface area contributed by atoms with Crippen molar-refractivity contribution in [2.24, 2.45) is 5.84 Å². The number of benzene rings is 1. The summed E-state index contributed by atoms with van der Waals surface area (Å²) in [5.41, 5.74) is 3.19. The van der Waals surface area contributed by atoms with E-state index in [0.29, 0.717) is 16.9 Å². The lowest BCUT2D eigenvalue weighted by molar-refractivity contribution is 0.799. The van der Waals surface area contributed by atoms with Crippen LogP contribution in [-0.4, -0.2) is 24.7 Å². The third-order valence-corrected chi connectivity index (χ3v) is 2.81. The molecular weight excluding hydrogens is 292 g/mol. The van der Waals surface area contributed by atoms with Gasteiger partial charge in [-0.25, -0.2) is 10.5 Å². The van der Waals surface area contributed by atoms with Gasteiger partial charge in [-0.05, 0) is 30.3 Å². The van der Waals surface area contributed by atoms with E-state index in [-0.39, 0.29) is 5.95 Å². The Morgan fingerprint density at radius 3 is 2.48 bits per heavy atom. The van der Waals surface area contributed by atoms with Crippen LogP contribution in [-0.2, 0) is 0 Å². The van der Waals surface area contributed by atoms with Crippen molar-refractivity contribution in [3.8, 4) is 5.95 Å². The van der Waals surface area contributed by atoms with Crippen LogP contribution in [0.25, 0.3) is 5.95 Å². The molecule has 0 spiro atoms. The van der Waals surface area contributed by atoms with Gasteiger partial charge in [-0.2, -0.15) is 20.1 Å². The van der Waals surface area contributed by atoms with E-state index in [1.54, 1.807) is 30.6 Å². The van der Waals surface area contributed by atoms with Gasteiger partial charge < -0.3 is 5.32 Å². The molecule has 1 aromatic carbocycles. The van der Waals surface area contributed by atoms with Gasteiger partial charge in [-0.1, -0.05) is 11.6 Å². The molecule has 8 nitrogen and oxygen atoms in total. The van der Waals surface area contributed by atoms with Crippen LogP contribution >= 0.6 is 11.6 Å². The Labute approximate surface area is 125 Å². The summed E-state index contributed by atoms with van der Waals surface area (Å²) in [6, 6.07) is 8.93. The highest BCUT2D eigenvalue weighted by Crippen LogP contribution is 2.17. The highest BCUT2D eigenvalue weighted by Gasteiger charge is 2.08. The number of rotatable bonds is 4. The molecule has 3 aromatic rings. The smallest absolute Gasteiger partial charge is 0.257 e. The van der Waals surface area contributed by atoms with Gasteiger partial charge in [0, 0.05) is 23.1 Å². The van der Waals surface area contributed by atoms with Crippen LogP contribution < -0.4 is 16.6 Å². The highest BCUT2D eigenvalue weighted by molar-refractivity contribution is 6.30. The lowest BCUT2D eigenvalue weighted by Gasteiger charge is -2.08. The molecule has 0 saturated carbocycles. The molecule has 0 radical (unpaired) electrons. The van der Waals surface area contributed by atoms with E-state index in [1.807, 2.05) is 12.1 Å². The van der Waals surface area contributed by atoms with Crippen LogP contribution in [0.2, 0.25) is 5.02 Å². The second-order valence-electron chi connectivity index (χ2n) is 4.01. The van der Waals surface area contributed by atoms with Gasteiger partial charge in [0.25, 0.3) is 5.95 Å². The molecule has 0 saturated heterocycles. The zero-order valence-electron chi connectivity index (χ0n) is 10.7. The molecule has 106 valence electrons. The summed E-state index contributed by atoms with van der Waals surface area (Å²) in [6.45, 7) is 0. The van der Waals surface area contributed by atoms with Crippen LogP contribution in [0.1, 0.15) is 0 Å². The Hall–Kier alpha value is -2.71. The number of anilines is 3. The normalized spacial score (nSPS) is 10.4. The SMILES string of the molecule is NNc1nc(Nc2ccc(Cl)cc2)nc(-n2cccn2)n1. The van der Waals surface area contributed by atoms with Gasteiger partial charge in [-0.15, -0.1) is 0 Å². The Morgan fingerprint density at radius 2 is 1.81 bits per heavy atom. The second-order valence-corrected chi connectivity index (χ2v) is 4.45. The van der Waals surface area contributed by atoms with Crippen molar-refractivity contribution in [1.29, 1.82) is 0 Å². The van der Waals surface area contributed by atoms with Crippen molar-refractivity contribution in [2.75, 3.05) is 10.7 Å². The number of nitrogen functional groups attached to an aromatic ring is 1. The Balaban J connectivity index is 1.94. The number of halogens is 1. The Morgan fingerprint density at radius 1 is 1.05 bits per heavy atom. The van der Waals surface area contributed by atoms with Gasteiger partial charge >= 0.3 is 0 Å². The van der Waals surface area contributed by atoms with Gasteiger partial charge in [0.2, 0.25) is 11.9 Å². The Kier molecular flexibility index (Phi) is 3.63. The molecule has 0 atom stereocenters. The maximum absolute atomic E-state index is 5.85. The number of hydrogen-bond acceptors (Lipinski definition) is 7. The number of nitrogens with one attached hydrogen (secondary N) is 2. The summed E-state index contributed by atoms with van der Waals surface area (Å²) in [4.78, 5) is 12.5. The van der Waals surface area contributed by atoms with E-state index in [9.17, 15) is 0 Å². The number of nitrogens with two attached hydrogens (primary N) is 1. The lowest BCUT2D eigenvalue weighted by atomic mass is 10.3. The summed E-state index contributed by atoms with van der Waals surface area (Å²) in [7, 11) is 0. The van der Waals surface area contributed by atoms with E-state index in [1.165, 1.54) is 4.68 Å². The first-order chi connectivity index (χ1) is 10.2. The van der Waals surface area contributed by atoms with Crippen molar-refractivity contribution in [3.63, 3.8) is 0 Å². The summed E-state index contributed by atoms with van der Waals surface area (Å²) in [5, 5.41) is 7.77. The maximum Gasteiger partial charge on any atom is 0.257 e. The van der Waals surface area contributed by atoms with Crippen molar-refractivity contribution in [1.82, 2.24) is 24.7 Å². The number of nitrogens with zero attached hydrogens (tertiary/aromatic N) is 5. The standard InChI is InChI=1S/C12H11ClN8/c13-8-2-4-9(5-3-8)16-10-17-11(20-14)19-12(18-10)21-7-1-6-15-21/h1-7H,14H2,(H2,16,17,18,19,20). The second kappa shape index (κ2) is 5.73. The number of hydrogen-bond donors (Lipinski definition) is 3. The quantitative estimate of drug-likeness (QED) is 0.498. The molecule has 0 amide bonds. The van der Waals surface area contributed by atoms with Crippen molar-refractivity contribution in [2.45, 2.75) is 0 Å². The minimum absolute atomic E-state index is 0.229. The molecule has 4 N–H and O–H groups in total. The molecule has 3 rings (SSSR count). The van der Waals surface area contributed by atoms with Crippen molar-refractivity contribution < 1.29 is 0 Å². The molecule has 0 aliphatic rings. The van der Waals surface area contributed by atoms with Crippen molar-refractivity contribution in [3.05, 3.63) is 47.7 Å². The zero-order chi connectivity index (χ0) is 14.7. The molecule has 0 unspecified atom stereocenters. The minimum atomic E-state index is 0.229. The van der Waals surface area contributed by atoms with E-state index >= 15 is 0 Å². The molecule has 2 aromatic heterocycles. The molecule has 21 heavy (non-hydrogen) atoms. The van der Waals surface area contributed by atoms with Crippen LogP contribution in [0.5, 0.6) is 0 Å². The molecule has 0 aliphatic heterocycles. The van der Waals surface area contributed by atoms with E-state index in [4.69, 9.17) is 17.4 Å². The first-order valence-electron chi connectivity index (χ1n) is 6.00. The summed E-state index contributed by atoms with van der Waals surface area (Å²) >= 11 is 5.85. The van der Waals surface area contributed by atoms with Crippen LogP contribution in [0.4, 0.5) is 17.6 Å². The molecule has 0 bridgehead atoms. The van der Waals surface area contributed by atoms with Crippen LogP contribution in [0.15, 0.2) is 42.7 Å². The average molecular weight is 303 g/mol. The van der Waals surface area contributed by atoms with E-state index < -0.39 is 0 Å². The van der Waals surface area contributed by atoms with Gasteiger partial charge in [0.15, 0.2) is 0 Å². The summed E-state index contributed by atoms with van der Waals surface area (Å²) < 4.78 is 1.51. The van der Waals surface area contributed by atoms with Gasteiger partial charge in [0.05, 0.1) is 0 Å². The molecule has 0 aliphatic carbocycles. The predicted molar refractivity (Wildman–Crippen MR) is 79.5 cm³/mol. The summed E-state index contributed by atoms with van der Waals surface area (Å²) in [6.07, 6.45) is 3.35. The largest absolute Gasteiger partial charge is 0.324 e. The number of aromatic nitrogens is 5. The van der Waals surface area contributed by atoms with E-state index in [0.717, 1.165) is 5.69 Å². The molecular formula is C12H11ClN8. The average Bonchev–Trinajstić information content (AvgIpc) is 3.04. The zero-order valence-corrected chi connectivity index (χ0v) is 11.5. The minimum Gasteiger partial charge on any atom is -0.324 e. The predicted octanol–water partition coefficient (Wildman–Crippen LogP) is 1.74. The monoisotopic (exact) mass is 302 g/mol. The van der Waals surface area contributed by atoms with Crippen molar-refractivity contribution >= 4 is 29.2 Å². The highest BCUT2D eigenvalue weighted by atomic mass is 35.5. The van der Waals surface area contributed by atoms with E-state index in [2.05, 4.69) is 30.8 Å². The fourth-order valence-electron chi connectivity index (χ4n) is 1.64. The summed E-state index contributed by atoms with van der Waals surface area (Å²) in [5.74, 6) is 6.29. The first kappa shape index (κ1) is 13.3. The van der Waals surface area contributed by atoms with Gasteiger partial charge in [-0.3, -0.25) is 5.43 Å². The Bertz CT molecular complexity index is 726. The topological polar surface area (TPSA) is 107 Å². The first-order valence-corrected chi connectivity index (χ1v) is 6.38. The van der Waals surface area contributed by atoms with Crippen LogP contribution in [0, 0.1) is 0 Å². The lowest BCUT2D eigenvalue weighted by Crippen LogP contribution is -2.15. The fourth-order valence-corrected chi connectivity index (χ4v) is 1.76. The third kappa shape index (κ3) is 3.07. The fraction of sp³-hybridized carbons (Fsp3) is 0. The van der Waals surface area contributed by atoms with Crippen LogP contribution in [0.3, 0.4) is 0 Å².